The average molecular weight is 431 g/mol. The molecule has 0 radical (unpaired) electrons. The van der Waals surface area contributed by atoms with Crippen molar-refractivity contribution in [3.05, 3.63) is 24.3 Å². The third-order valence-corrected chi connectivity index (χ3v) is 6.07. The fourth-order valence-electron chi connectivity index (χ4n) is 4.75. The number of hydrogen-bond acceptors (Lipinski definition) is 8. The summed E-state index contributed by atoms with van der Waals surface area (Å²) in [5.41, 5.74) is 0.919. The molecule has 3 aliphatic rings. The van der Waals surface area contributed by atoms with Gasteiger partial charge < -0.3 is 19.3 Å². The summed E-state index contributed by atoms with van der Waals surface area (Å²) in [7, 11) is 3.28. The Morgan fingerprint density at radius 2 is 1.97 bits per heavy atom. The molecular weight excluding hydrogens is 402 g/mol. The number of esters is 1. The van der Waals surface area contributed by atoms with Gasteiger partial charge >= 0.3 is 12.0 Å². The van der Waals surface area contributed by atoms with E-state index in [1.165, 1.54) is 4.90 Å². The predicted octanol–water partition coefficient (Wildman–Crippen LogP) is 0.492. The first kappa shape index (κ1) is 21.4. The number of carbonyl (C=O) groups excluding carboxylic acids is 3. The zero-order valence-corrected chi connectivity index (χ0v) is 18.3. The van der Waals surface area contributed by atoms with Crippen LogP contribution < -0.4 is 15.0 Å². The highest BCUT2D eigenvalue weighted by Crippen LogP contribution is 2.37. The molecule has 31 heavy (non-hydrogen) atoms. The number of likely N-dealkylation sites (N-methyl/N-ethyl adjacent to an activating group) is 1. The fourth-order valence-corrected chi connectivity index (χ4v) is 4.75. The lowest BCUT2D eigenvalue weighted by Gasteiger charge is -2.46. The van der Waals surface area contributed by atoms with Crippen LogP contribution in [0.25, 0.3) is 0 Å². The van der Waals surface area contributed by atoms with Crippen LogP contribution in [0.2, 0.25) is 0 Å². The molecule has 0 aromatic heterocycles. The zero-order chi connectivity index (χ0) is 22.3. The van der Waals surface area contributed by atoms with Gasteiger partial charge in [-0.05, 0) is 25.0 Å². The van der Waals surface area contributed by atoms with Crippen molar-refractivity contribution in [1.29, 1.82) is 0 Å². The molecular formula is C21H29N5O5. The van der Waals surface area contributed by atoms with Crippen LogP contribution in [0.4, 0.5) is 10.5 Å². The highest BCUT2D eigenvalue weighted by Gasteiger charge is 2.57. The van der Waals surface area contributed by atoms with Gasteiger partial charge in [0.1, 0.15) is 30.8 Å². The van der Waals surface area contributed by atoms with Crippen LogP contribution in [-0.2, 0) is 14.3 Å². The quantitative estimate of drug-likeness (QED) is 0.674. The van der Waals surface area contributed by atoms with E-state index in [2.05, 4.69) is 22.0 Å². The summed E-state index contributed by atoms with van der Waals surface area (Å²) in [6.07, 6.45) is -0.782. The normalized spacial score (nSPS) is 28.5. The molecule has 1 aromatic rings. The van der Waals surface area contributed by atoms with Gasteiger partial charge in [0.25, 0.3) is 5.91 Å². The molecule has 3 amide bonds. The van der Waals surface area contributed by atoms with Crippen molar-refractivity contribution >= 4 is 23.6 Å². The smallest absolute Gasteiger partial charge is 0.328 e. The second-order valence-electron chi connectivity index (χ2n) is 8.18. The molecule has 168 valence electrons. The van der Waals surface area contributed by atoms with Crippen LogP contribution >= 0.6 is 0 Å². The zero-order valence-electron chi connectivity index (χ0n) is 18.3. The number of methoxy groups -OCH3 is 1. The van der Waals surface area contributed by atoms with Gasteiger partial charge in [-0.25, -0.2) is 4.79 Å². The van der Waals surface area contributed by atoms with Crippen LogP contribution in [0.1, 0.15) is 13.8 Å². The number of para-hydroxylation sites is 2. The largest absolute Gasteiger partial charge is 0.495 e. The first-order chi connectivity index (χ1) is 14.9. The molecule has 4 rings (SSSR count). The SMILES string of the molecule is CCOC(=O)CN1C(=O)C2C(NC3N(c4ccccc4OC)CC(C)CN23)N(C)C1=O. The van der Waals surface area contributed by atoms with Crippen molar-refractivity contribution in [2.75, 3.05) is 45.3 Å². The summed E-state index contributed by atoms with van der Waals surface area (Å²) in [4.78, 5) is 45.0. The number of amides is 3. The summed E-state index contributed by atoms with van der Waals surface area (Å²) >= 11 is 0. The molecule has 4 unspecified atom stereocenters. The van der Waals surface area contributed by atoms with Gasteiger partial charge in [-0.2, -0.15) is 0 Å². The van der Waals surface area contributed by atoms with E-state index in [0.717, 1.165) is 22.9 Å². The first-order valence-corrected chi connectivity index (χ1v) is 10.5. The number of hydrogen-bond donors (Lipinski definition) is 1. The maximum Gasteiger partial charge on any atom is 0.328 e. The molecule has 0 spiro atoms. The number of nitrogens with one attached hydrogen (secondary N) is 1. The topological polar surface area (TPSA) is 94.7 Å². The Bertz CT molecular complexity index is 879. The highest BCUT2D eigenvalue weighted by molar-refractivity contribution is 6.02. The number of urea groups is 1. The van der Waals surface area contributed by atoms with E-state index >= 15 is 0 Å². The van der Waals surface area contributed by atoms with Crippen molar-refractivity contribution in [2.24, 2.45) is 5.92 Å². The molecule has 0 saturated carbocycles. The predicted molar refractivity (Wildman–Crippen MR) is 112 cm³/mol. The lowest BCUT2D eigenvalue weighted by atomic mass is 10.0. The van der Waals surface area contributed by atoms with Crippen LogP contribution in [-0.4, -0.2) is 91.5 Å². The number of ether oxygens (including phenoxy) is 2. The molecule has 3 fully saturated rings. The third-order valence-electron chi connectivity index (χ3n) is 6.07. The maximum atomic E-state index is 13.4. The van der Waals surface area contributed by atoms with Gasteiger partial charge in [-0.1, -0.05) is 19.1 Å². The van der Waals surface area contributed by atoms with Crippen molar-refractivity contribution in [2.45, 2.75) is 32.3 Å². The second-order valence-corrected chi connectivity index (χ2v) is 8.18. The fraction of sp³-hybridized carbons (Fsp3) is 0.571. The van der Waals surface area contributed by atoms with Crippen molar-refractivity contribution in [1.82, 2.24) is 20.0 Å². The Morgan fingerprint density at radius 3 is 2.68 bits per heavy atom. The Balaban J connectivity index is 1.66. The number of carbonyl (C=O) groups is 3. The standard InChI is InChI=1S/C21H29N5O5/c1-5-31-16(27)12-26-19(28)17-18(23(3)21(26)29)22-20-24(10-13(2)11-25(17)20)14-8-6-7-9-15(14)30-4/h6-9,13,17-18,20,22H,5,10-12H2,1-4H3. The summed E-state index contributed by atoms with van der Waals surface area (Å²) in [6.45, 7) is 5.08. The van der Waals surface area contributed by atoms with E-state index in [0.29, 0.717) is 6.54 Å². The molecule has 0 bridgehead atoms. The summed E-state index contributed by atoms with van der Waals surface area (Å²) in [5, 5.41) is 3.46. The van der Waals surface area contributed by atoms with E-state index in [4.69, 9.17) is 9.47 Å². The third kappa shape index (κ3) is 3.59. The number of nitrogens with zero attached hydrogens (tertiary/aromatic N) is 4. The number of imide groups is 1. The van der Waals surface area contributed by atoms with Gasteiger partial charge in [-0.15, -0.1) is 0 Å². The molecule has 0 aliphatic carbocycles. The van der Waals surface area contributed by atoms with Gasteiger partial charge in [0, 0.05) is 20.1 Å². The van der Waals surface area contributed by atoms with Crippen LogP contribution in [0.3, 0.4) is 0 Å². The molecule has 3 aliphatic heterocycles. The Labute approximate surface area is 181 Å². The minimum atomic E-state index is -0.596. The molecule has 3 saturated heterocycles. The van der Waals surface area contributed by atoms with Gasteiger partial charge in [-0.3, -0.25) is 24.7 Å². The lowest BCUT2D eigenvalue weighted by molar-refractivity contribution is -0.151. The van der Waals surface area contributed by atoms with Gasteiger partial charge in [0.15, 0.2) is 0 Å². The lowest BCUT2D eigenvalue weighted by Crippen LogP contribution is -2.67. The van der Waals surface area contributed by atoms with Crippen LogP contribution in [0.15, 0.2) is 24.3 Å². The van der Waals surface area contributed by atoms with Crippen LogP contribution in [0.5, 0.6) is 5.75 Å². The average Bonchev–Trinajstić information content (AvgIpc) is 3.14. The number of anilines is 1. The second kappa shape index (κ2) is 8.35. The minimum Gasteiger partial charge on any atom is -0.495 e. The monoisotopic (exact) mass is 431 g/mol. The minimum absolute atomic E-state index is 0.193. The summed E-state index contributed by atoms with van der Waals surface area (Å²) < 4.78 is 10.5. The van der Waals surface area contributed by atoms with Crippen molar-refractivity contribution < 1.29 is 23.9 Å². The number of rotatable bonds is 5. The first-order valence-electron chi connectivity index (χ1n) is 10.5. The van der Waals surface area contributed by atoms with E-state index in [1.807, 2.05) is 24.3 Å². The van der Waals surface area contributed by atoms with E-state index in [-0.39, 0.29) is 31.3 Å². The summed E-state index contributed by atoms with van der Waals surface area (Å²) in [6, 6.07) is 6.65. The molecule has 3 heterocycles. The molecule has 10 nitrogen and oxygen atoms in total. The van der Waals surface area contributed by atoms with Crippen molar-refractivity contribution in [3.8, 4) is 5.75 Å². The molecule has 4 atom stereocenters. The summed E-state index contributed by atoms with van der Waals surface area (Å²) in [5.74, 6) is 0.0373. The molecule has 1 aromatic carbocycles. The Kier molecular flexibility index (Phi) is 5.76. The van der Waals surface area contributed by atoms with Gasteiger partial charge in [0.2, 0.25) is 0 Å². The van der Waals surface area contributed by atoms with E-state index in [1.54, 1.807) is 21.1 Å². The van der Waals surface area contributed by atoms with E-state index in [9.17, 15) is 14.4 Å². The van der Waals surface area contributed by atoms with Gasteiger partial charge in [0.05, 0.1) is 19.4 Å². The van der Waals surface area contributed by atoms with Crippen molar-refractivity contribution in [3.63, 3.8) is 0 Å². The highest BCUT2D eigenvalue weighted by atomic mass is 16.5. The van der Waals surface area contributed by atoms with Crippen LogP contribution in [0, 0.1) is 5.92 Å². The molecule has 1 N–H and O–H groups in total. The Hall–Kier alpha value is -2.85. The Morgan fingerprint density at radius 1 is 1.23 bits per heavy atom. The molecule has 10 heteroatoms. The maximum absolute atomic E-state index is 13.4. The number of fused-ring (bicyclic) bond motifs is 3. The van der Waals surface area contributed by atoms with E-state index < -0.39 is 24.2 Å². The number of benzene rings is 1.